The zero-order valence-electron chi connectivity index (χ0n) is 23.7. The largest absolute Gasteiger partial charge is 0.474 e. The number of likely N-dealkylation sites (N-methyl/N-ethyl adjacent to an activating group) is 1. The van der Waals surface area contributed by atoms with E-state index in [9.17, 15) is 9.59 Å². The van der Waals surface area contributed by atoms with Crippen LogP contribution in [0.1, 0.15) is 47.0 Å². The van der Waals surface area contributed by atoms with Crippen LogP contribution in [0.4, 0.5) is 15.4 Å². The minimum Gasteiger partial charge on any atom is -0.474 e. The predicted octanol–water partition coefficient (Wildman–Crippen LogP) is 4.21. The van der Waals surface area contributed by atoms with Gasteiger partial charge in [-0.2, -0.15) is 5.10 Å². The summed E-state index contributed by atoms with van der Waals surface area (Å²) in [6.45, 7) is 8.94. The van der Waals surface area contributed by atoms with Crippen molar-refractivity contribution in [2.75, 3.05) is 38.5 Å². The highest BCUT2D eigenvalue weighted by atomic mass is 16.6. The molecule has 2 amide bonds. The molecule has 2 aliphatic rings. The third-order valence-electron chi connectivity index (χ3n) is 6.72. The highest BCUT2D eigenvalue weighted by Crippen LogP contribution is 2.34. The molecule has 0 aromatic carbocycles. The summed E-state index contributed by atoms with van der Waals surface area (Å²) in [5.41, 5.74) is 1.01. The molecule has 1 aliphatic carbocycles. The minimum absolute atomic E-state index is 0.226. The van der Waals surface area contributed by atoms with Crippen molar-refractivity contribution in [2.24, 2.45) is 0 Å². The van der Waals surface area contributed by atoms with E-state index in [1.54, 1.807) is 28.9 Å². The van der Waals surface area contributed by atoms with E-state index >= 15 is 0 Å². The summed E-state index contributed by atoms with van der Waals surface area (Å²) in [4.78, 5) is 37.5. The zero-order chi connectivity index (χ0) is 28.5. The van der Waals surface area contributed by atoms with Crippen LogP contribution in [0.15, 0.2) is 36.8 Å². The Balaban J connectivity index is 1.16. The van der Waals surface area contributed by atoms with E-state index in [-0.39, 0.29) is 6.10 Å². The molecule has 40 heavy (non-hydrogen) atoms. The summed E-state index contributed by atoms with van der Waals surface area (Å²) < 4.78 is 18.9. The van der Waals surface area contributed by atoms with Crippen molar-refractivity contribution >= 4 is 23.7 Å². The van der Waals surface area contributed by atoms with Gasteiger partial charge < -0.3 is 29.3 Å². The normalized spacial score (nSPS) is 19.0. The van der Waals surface area contributed by atoms with E-state index in [0.29, 0.717) is 49.9 Å². The Labute approximate surface area is 233 Å². The third-order valence-corrected chi connectivity index (χ3v) is 6.72. The maximum atomic E-state index is 12.8. The Morgan fingerprint density at radius 3 is 2.77 bits per heavy atom. The first kappa shape index (κ1) is 27.5. The Hall–Kier alpha value is -4.09. The SMILES string of the molecule is CN(CCNc1ccn2ncc(-c3cccnc3OC3CC3)c2n1)C(=O)O[C@]1(C)CCN(C(=O)OC(C)(C)C)C1. The second-order valence-electron chi connectivity index (χ2n) is 11.6. The molecule has 12 nitrogen and oxygen atoms in total. The number of aromatic nitrogens is 4. The summed E-state index contributed by atoms with van der Waals surface area (Å²) in [6.07, 6.45) is 7.34. The maximum absolute atomic E-state index is 12.8. The first-order valence-corrected chi connectivity index (χ1v) is 13.6. The minimum atomic E-state index is -0.769. The summed E-state index contributed by atoms with van der Waals surface area (Å²) in [6, 6.07) is 5.66. The highest BCUT2D eigenvalue weighted by Gasteiger charge is 2.41. The van der Waals surface area contributed by atoms with Crippen molar-refractivity contribution in [1.29, 1.82) is 0 Å². The lowest BCUT2D eigenvalue weighted by Gasteiger charge is -2.29. The van der Waals surface area contributed by atoms with E-state index in [0.717, 1.165) is 24.0 Å². The summed E-state index contributed by atoms with van der Waals surface area (Å²) >= 11 is 0. The van der Waals surface area contributed by atoms with E-state index in [1.165, 1.54) is 4.90 Å². The van der Waals surface area contributed by atoms with Gasteiger partial charge in [-0.15, -0.1) is 0 Å². The van der Waals surface area contributed by atoms with Crippen LogP contribution in [-0.4, -0.2) is 92.1 Å². The number of fused-ring (bicyclic) bond motifs is 1. The smallest absolute Gasteiger partial charge is 0.410 e. The molecule has 1 saturated carbocycles. The van der Waals surface area contributed by atoms with Crippen LogP contribution in [0.5, 0.6) is 5.88 Å². The zero-order valence-corrected chi connectivity index (χ0v) is 23.7. The summed E-state index contributed by atoms with van der Waals surface area (Å²) in [7, 11) is 1.68. The van der Waals surface area contributed by atoms with Crippen LogP contribution in [0, 0.1) is 0 Å². The molecule has 1 N–H and O–H groups in total. The van der Waals surface area contributed by atoms with Crippen LogP contribution < -0.4 is 10.1 Å². The Kier molecular flexibility index (Phi) is 7.43. The topological polar surface area (TPSA) is 123 Å². The molecule has 0 spiro atoms. The Bertz CT molecular complexity index is 1380. The molecule has 0 unspecified atom stereocenters. The number of nitrogens with one attached hydrogen (secondary N) is 1. The second kappa shape index (κ2) is 10.8. The average Bonchev–Trinajstić information content (AvgIpc) is 3.47. The number of ether oxygens (including phenoxy) is 3. The Morgan fingerprint density at radius 2 is 2.02 bits per heavy atom. The molecule has 5 rings (SSSR count). The molecule has 3 aromatic rings. The van der Waals surface area contributed by atoms with E-state index < -0.39 is 23.4 Å². The van der Waals surface area contributed by atoms with Gasteiger partial charge in [0, 0.05) is 51.1 Å². The molecule has 214 valence electrons. The number of hydrogen-bond acceptors (Lipinski definition) is 9. The van der Waals surface area contributed by atoms with Gasteiger partial charge in [0.05, 0.1) is 18.3 Å². The molecule has 1 atom stereocenters. The van der Waals surface area contributed by atoms with Gasteiger partial charge in [-0.1, -0.05) is 0 Å². The number of amides is 2. The molecule has 12 heteroatoms. The quantitative estimate of drug-likeness (QED) is 0.438. The van der Waals surface area contributed by atoms with Crippen molar-refractivity contribution in [2.45, 2.75) is 64.3 Å². The van der Waals surface area contributed by atoms with Crippen LogP contribution in [-0.2, 0) is 9.47 Å². The molecule has 4 heterocycles. The van der Waals surface area contributed by atoms with Gasteiger partial charge in [0.25, 0.3) is 0 Å². The number of carbonyl (C=O) groups is 2. The predicted molar refractivity (Wildman–Crippen MR) is 148 cm³/mol. The number of hydrogen-bond donors (Lipinski definition) is 1. The molecular weight excluding hydrogens is 514 g/mol. The number of likely N-dealkylation sites (tertiary alicyclic amines) is 1. The maximum Gasteiger partial charge on any atom is 0.410 e. The van der Waals surface area contributed by atoms with Crippen LogP contribution in [0.25, 0.3) is 16.8 Å². The molecular formula is C28H37N7O5. The second-order valence-corrected chi connectivity index (χ2v) is 11.6. The van der Waals surface area contributed by atoms with Gasteiger partial charge >= 0.3 is 12.2 Å². The van der Waals surface area contributed by atoms with Crippen molar-refractivity contribution in [3.05, 3.63) is 36.8 Å². The van der Waals surface area contributed by atoms with E-state index in [2.05, 4.69) is 15.4 Å². The third kappa shape index (κ3) is 6.54. The van der Waals surface area contributed by atoms with Crippen molar-refractivity contribution in [3.63, 3.8) is 0 Å². The first-order valence-electron chi connectivity index (χ1n) is 13.6. The van der Waals surface area contributed by atoms with Crippen LogP contribution >= 0.6 is 0 Å². The highest BCUT2D eigenvalue weighted by molar-refractivity contribution is 5.80. The van der Waals surface area contributed by atoms with Crippen molar-refractivity contribution in [1.82, 2.24) is 29.4 Å². The Morgan fingerprint density at radius 1 is 1.23 bits per heavy atom. The first-order chi connectivity index (χ1) is 19.0. The monoisotopic (exact) mass is 551 g/mol. The standard InChI is InChI=1S/C28H37N7O5/c1-27(2,3)39-26(37)34-15-11-28(4,18-34)40-25(36)33(5)16-13-29-22-10-14-35-23(32-22)21(17-31-35)20-7-6-12-30-24(20)38-19-8-9-19/h6-7,10,12,14,17,19H,8-9,11,13,15-16,18H2,1-5H3,(H,29,32)/t28-/m1/s1. The van der Waals surface area contributed by atoms with Gasteiger partial charge in [-0.05, 0) is 58.7 Å². The lowest BCUT2D eigenvalue weighted by Crippen LogP contribution is -2.43. The summed E-state index contributed by atoms with van der Waals surface area (Å²) in [5.74, 6) is 1.24. The molecule has 2 fully saturated rings. The number of anilines is 1. The van der Waals surface area contributed by atoms with Crippen molar-refractivity contribution in [3.8, 4) is 17.0 Å². The van der Waals surface area contributed by atoms with E-state index in [1.807, 2.05) is 52.1 Å². The lowest BCUT2D eigenvalue weighted by molar-refractivity contribution is 0.00202. The number of carbonyl (C=O) groups excluding carboxylic acids is 2. The van der Waals surface area contributed by atoms with Gasteiger partial charge in [0.2, 0.25) is 5.88 Å². The van der Waals surface area contributed by atoms with Crippen molar-refractivity contribution < 1.29 is 23.8 Å². The van der Waals surface area contributed by atoms with Gasteiger partial charge in [-0.3, -0.25) is 0 Å². The molecule has 1 saturated heterocycles. The average molecular weight is 552 g/mol. The molecule has 1 aliphatic heterocycles. The van der Waals surface area contributed by atoms with Gasteiger partial charge in [0.1, 0.15) is 23.1 Å². The lowest BCUT2D eigenvalue weighted by atomic mass is 10.1. The number of pyridine rings is 1. The number of rotatable bonds is 8. The number of nitrogens with zero attached hydrogens (tertiary/aromatic N) is 6. The van der Waals surface area contributed by atoms with Gasteiger partial charge in [0.15, 0.2) is 5.65 Å². The van der Waals surface area contributed by atoms with Gasteiger partial charge in [-0.25, -0.2) is 24.1 Å². The fourth-order valence-corrected chi connectivity index (χ4v) is 4.42. The fourth-order valence-electron chi connectivity index (χ4n) is 4.42. The van der Waals surface area contributed by atoms with Crippen LogP contribution in [0.2, 0.25) is 0 Å². The fraction of sp³-hybridized carbons (Fsp3) is 0.536. The summed E-state index contributed by atoms with van der Waals surface area (Å²) in [5, 5.41) is 7.71. The molecule has 0 radical (unpaired) electrons. The molecule has 3 aromatic heterocycles. The molecule has 0 bridgehead atoms. The van der Waals surface area contributed by atoms with E-state index in [4.69, 9.17) is 19.2 Å². The van der Waals surface area contributed by atoms with Crippen LogP contribution in [0.3, 0.4) is 0 Å².